The zero-order valence-corrected chi connectivity index (χ0v) is 10.1. The van der Waals surface area contributed by atoms with Crippen LogP contribution in [-0.2, 0) is 14.4 Å². The molecule has 0 spiro atoms. The fourth-order valence-corrected chi connectivity index (χ4v) is 2.59. The van der Waals surface area contributed by atoms with E-state index in [1.54, 1.807) is 11.9 Å². The van der Waals surface area contributed by atoms with E-state index in [2.05, 4.69) is 5.32 Å². The minimum absolute atomic E-state index is 0.0132. The van der Waals surface area contributed by atoms with Gasteiger partial charge in [-0.3, -0.25) is 19.3 Å². The first-order valence-corrected chi connectivity index (χ1v) is 5.80. The van der Waals surface area contributed by atoms with Gasteiger partial charge in [0.25, 0.3) is 0 Å². The Morgan fingerprint density at radius 1 is 1.35 bits per heavy atom. The highest BCUT2D eigenvalue weighted by Crippen LogP contribution is 2.32. The first-order chi connectivity index (χ1) is 8.06. The van der Waals surface area contributed by atoms with Crippen LogP contribution >= 0.6 is 0 Å². The molecule has 0 aromatic heterocycles. The smallest absolute Gasteiger partial charge is 0.236 e. The molecule has 2 aliphatic rings. The zero-order valence-electron chi connectivity index (χ0n) is 10.1. The largest absolute Gasteiger partial charge is 0.341 e. The van der Waals surface area contributed by atoms with E-state index in [-0.39, 0.29) is 36.1 Å². The van der Waals surface area contributed by atoms with Crippen LogP contribution in [0.3, 0.4) is 0 Å². The van der Waals surface area contributed by atoms with Gasteiger partial charge in [0.1, 0.15) is 0 Å². The summed E-state index contributed by atoms with van der Waals surface area (Å²) >= 11 is 0. The van der Waals surface area contributed by atoms with Crippen LogP contribution < -0.4 is 5.32 Å². The minimum atomic E-state index is -0.331. The van der Waals surface area contributed by atoms with Gasteiger partial charge in [-0.25, -0.2) is 0 Å². The van der Waals surface area contributed by atoms with Gasteiger partial charge in [-0.15, -0.1) is 0 Å². The van der Waals surface area contributed by atoms with Crippen molar-refractivity contribution < 1.29 is 14.4 Å². The predicted octanol–water partition coefficient (Wildman–Crippen LogP) is -1.33. The molecule has 6 nitrogen and oxygen atoms in total. The molecule has 0 bridgehead atoms. The van der Waals surface area contributed by atoms with Gasteiger partial charge in [0, 0.05) is 20.1 Å². The predicted molar refractivity (Wildman–Crippen MR) is 59.9 cm³/mol. The lowest BCUT2D eigenvalue weighted by molar-refractivity contribution is -0.138. The van der Waals surface area contributed by atoms with Crippen molar-refractivity contribution in [3.8, 4) is 0 Å². The van der Waals surface area contributed by atoms with Gasteiger partial charge in [0.15, 0.2) is 0 Å². The molecule has 6 heteroatoms. The van der Waals surface area contributed by atoms with Crippen LogP contribution in [0.4, 0.5) is 0 Å². The SMILES string of the molecule is CNCC(=O)N1CC[C@H]2C(=O)N(C)C(=O)[C@H]2C1. The van der Waals surface area contributed by atoms with Crippen LogP contribution in [0.2, 0.25) is 0 Å². The summed E-state index contributed by atoms with van der Waals surface area (Å²) in [4.78, 5) is 38.1. The van der Waals surface area contributed by atoms with E-state index in [1.807, 2.05) is 0 Å². The Labute approximate surface area is 99.9 Å². The third-order valence-electron chi connectivity index (χ3n) is 3.59. The molecule has 0 aromatic rings. The van der Waals surface area contributed by atoms with Gasteiger partial charge in [0.2, 0.25) is 17.7 Å². The number of hydrogen-bond acceptors (Lipinski definition) is 4. The number of carbonyl (C=O) groups excluding carboxylic acids is 3. The van der Waals surface area contributed by atoms with Crippen LogP contribution in [-0.4, -0.2) is 61.3 Å². The van der Waals surface area contributed by atoms with Gasteiger partial charge >= 0.3 is 0 Å². The maximum atomic E-state index is 11.8. The molecule has 0 aliphatic carbocycles. The molecule has 2 fully saturated rings. The molecule has 2 aliphatic heterocycles. The normalized spacial score (nSPS) is 28.6. The second-order valence-corrected chi connectivity index (χ2v) is 4.61. The van der Waals surface area contributed by atoms with Crippen LogP contribution in [0, 0.1) is 11.8 Å². The standard InChI is InChI=1S/C11H17N3O3/c1-12-5-9(15)14-4-3-7-8(6-14)11(17)13(2)10(7)16/h7-8,12H,3-6H2,1-2H3/t7-,8+/m1/s1. The van der Waals surface area contributed by atoms with E-state index >= 15 is 0 Å². The lowest BCUT2D eigenvalue weighted by atomic mass is 9.88. The molecule has 3 amide bonds. The van der Waals surface area contributed by atoms with Crippen molar-refractivity contribution in [2.75, 3.05) is 33.7 Å². The molecule has 0 unspecified atom stereocenters. The van der Waals surface area contributed by atoms with Crippen LogP contribution in [0.5, 0.6) is 0 Å². The Morgan fingerprint density at radius 3 is 2.65 bits per heavy atom. The van der Waals surface area contributed by atoms with Crippen molar-refractivity contribution in [1.29, 1.82) is 0 Å². The van der Waals surface area contributed by atoms with Crippen molar-refractivity contribution in [3.63, 3.8) is 0 Å². The van der Waals surface area contributed by atoms with Gasteiger partial charge in [-0.05, 0) is 13.5 Å². The maximum Gasteiger partial charge on any atom is 0.236 e. The number of hydrogen-bond donors (Lipinski definition) is 1. The summed E-state index contributed by atoms with van der Waals surface area (Å²) in [7, 11) is 3.23. The van der Waals surface area contributed by atoms with Crippen molar-refractivity contribution in [2.24, 2.45) is 11.8 Å². The van der Waals surface area contributed by atoms with E-state index in [4.69, 9.17) is 0 Å². The molecule has 2 atom stereocenters. The number of amides is 3. The summed E-state index contributed by atoms with van der Waals surface area (Å²) < 4.78 is 0. The van der Waals surface area contributed by atoms with E-state index < -0.39 is 0 Å². The summed E-state index contributed by atoms with van der Waals surface area (Å²) in [6.07, 6.45) is 0.592. The Balaban J connectivity index is 2.07. The first-order valence-electron chi connectivity index (χ1n) is 5.80. The van der Waals surface area contributed by atoms with Gasteiger partial charge < -0.3 is 10.2 Å². The molecule has 2 rings (SSSR count). The fraction of sp³-hybridized carbons (Fsp3) is 0.727. The number of imide groups is 1. The highest BCUT2D eigenvalue weighted by atomic mass is 16.2. The zero-order chi connectivity index (χ0) is 12.6. The average Bonchev–Trinajstić information content (AvgIpc) is 2.55. The topological polar surface area (TPSA) is 69.7 Å². The number of fused-ring (bicyclic) bond motifs is 1. The molecule has 2 saturated heterocycles. The number of piperidine rings is 1. The van der Waals surface area contributed by atoms with Gasteiger partial charge in [-0.1, -0.05) is 0 Å². The van der Waals surface area contributed by atoms with Crippen molar-refractivity contribution in [1.82, 2.24) is 15.1 Å². The Bertz CT molecular complexity index is 369. The Morgan fingerprint density at radius 2 is 2.00 bits per heavy atom. The number of carbonyl (C=O) groups is 3. The summed E-state index contributed by atoms with van der Waals surface area (Å²) in [5.41, 5.74) is 0. The molecular weight excluding hydrogens is 222 g/mol. The second-order valence-electron chi connectivity index (χ2n) is 4.61. The molecule has 2 heterocycles. The fourth-order valence-electron chi connectivity index (χ4n) is 2.59. The molecule has 0 aromatic carbocycles. The van der Waals surface area contributed by atoms with Crippen molar-refractivity contribution in [2.45, 2.75) is 6.42 Å². The second kappa shape index (κ2) is 4.44. The van der Waals surface area contributed by atoms with E-state index in [1.165, 1.54) is 11.9 Å². The number of nitrogens with one attached hydrogen (secondary N) is 1. The maximum absolute atomic E-state index is 11.8. The molecular formula is C11H17N3O3. The minimum Gasteiger partial charge on any atom is -0.341 e. The molecule has 0 saturated carbocycles. The number of likely N-dealkylation sites (N-methyl/N-ethyl adjacent to an activating group) is 1. The number of likely N-dealkylation sites (tertiary alicyclic amines) is 2. The third kappa shape index (κ3) is 1.93. The van der Waals surface area contributed by atoms with Gasteiger partial charge in [-0.2, -0.15) is 0 Å². The van der Waals surface area contributed by atoms with E-state index in [9.17, 15) is 14.4 Å². The van der Waals surface area contributed by atoms with Crippen molar-refractivity contribution in [3.05, 3.63) is 0 Å². The first kappa shape index (κ1) is 12.0. The number of rotatable bonds is 2. The molecule has 1 N–H and O–H groups in total. The highest BCUT2D eigenvalue weighted by Gasteiger charge is 2.48. The van der Waals surface area contributed by atoms with Crippen LogP contribution in [0.25, 0.3) is 0 Å². The Kier molecular flexibility index (Phi) is 3.15. The average molecular weight is 239 g/mol. The Hall–Kier alpha value is -1.43. The summed E-state index contributed by atoms with van der Waals surface area (Å²) in [5.74, 6) is -0.809. The van der Waals surface area contributed by atoms with Gasteiger partial charge in [0.05, 0.1) is 18.4 Å². The van der Waals surface area contributed by atoms with Crippen molar-refractivity contribution >= 4 is 17.7 Å². The summed E-state index contributed by atoms with van der Waals surface area (Å²) in [6, 6.07) is 0. The molecule has 0 radical (unpaired) electrons. The van der Waals surface area contributed by atoms with E-state index in [0.29, 0.717) is 19.5 Å². The van der Waals surface area contributed by atoms with E-state index in [0.717, 1.165) is 0 Å². The lowest BCUT2D eigenvalue weighted by Gasteiger charge is -2.32. The van der Waals surface area contributed by atoms with Crippen LogP contribution in [0.15, 0.2) is 0 Å². The quantitative estimate of drug-likeness (QED) is 0.606. The molecule has 94 valence electrons. The number of nitrogens with zero attached hydrogens (tertiary/aromatic N) is 2. The lowest BCUT2D eigenvalue weighted by Crippen LogP contribution is -2.47. The monoisotopic (exact) mass is 239 g/mol. The summed E-state index contributed by atoms with van der Waals surface area (Å²) in [5, 5.41) is 2.80. The molecule has 17 heavy (non-hydrogen) atoms. The summed E-state index contributed by atoms with van der Waals surface area (Å²) in [6.45, 7) is 1.21. The third-order valence-corrected chi connectivity index (χ3v) is 3.59. The highest BCUT2D eigenvalue weighted by molar-refractivity contribution is 6.05. The van der Waals surface area contributed by atoms with Crippen LogP contribution in [0.1, 0.15) is 6.42 Å².